The molecule has 0 aliphatic carbocycles. The van der Waals surface area contributed by atoms with Gasteiger partial charge in [-0.3, -0.25) is 4.90 Å². The van der Waals surface area contributed by atoms with E-state index in [2.05, 4.69) is 18.7 Å². The Morgan fingerprint density at radius 1 is 1.31 bits per heavy atom. The average molecular weight is 231 g/mol. The van der Waals surface area contributed by atoms with Gasteiger partial charge in [0.1, 0.15) is 0 Å². The van der Waals surface area contributed by atoms with Gasteiger partial charge in [0.05, 0.1) is 19.3 Å². The molecule has 3 heteroatoms. The van der Waals surface area contributed by atoms with Crippen LogP contribution in [0.3, 0.4) is 0 Å². The molecule has 16 heavy (non-hydrogen) atoms. The number of fused-ring (bicyclic) bond motifs is 2. The first-order valence-electron chi connectivity index (χ1n) is 6.66. The fourth-order valence-electron chi connectivity index (χ4n) is 1.96. The number of hydrogen-bond donors (Lipinski definition) is 0. The van der Waals surface area contributed by atoms with E-state index in [1.807, 2.05) is 13.8 Å². The van der Waals surface area contributed by atoms with E-state index in [1.165, 1.54) is 12.8 Å². The largest absolute Gasteiger partial charge is 0.383 e. The lowest BCUT2D eigenvalue weighted by atomic mass is 10.2. The number of likely N-dealkylation sites (tertiary alicyclic amines) is 1. The minimum atomic E-state index is 0.525. The van der Waals surface area contributed by atoms with Crippen molar-refractivity contribution in [1.29, 1.82) is 0 Å². The summed E-state index contributed by atoms with van der Waals surface area (Å²) in [6.07, 6.45) is 3.01. The van der Waals surface area contributed by atoms with Gasteiger partial charge in [-0.1, -0.05) is 34.1 Å². The van der Waals surface area contributed by atoms with Crippen LogP contribution in [0.25, 0.3) is 0 Å². The summed E-state index contributed by atoms with van der Waals surface area (Å²) in [4.78, 5) is 2.47. The summed E-state index contributed by atoms with van der Waals surface area (Å²) >= 11 is 0. The van der Waals surface area contributed by atoms with Crippen LogP contribution in [0.4, 0.5) is 0 Å². The predicted octanol–water partition coefficient (Wildman–Crippen LogP) is 2.55. The molecule has 0 spiro atoms. The van der Waals surface area contributed by atoms with Crippen molar-refractivity contribution in [3.05, 3.63) is 0 Å². The molecule has 0 saturated carbocycles. The third kappa shape index (κ3) is 5.28. The first-order valence-corrected chi connectivity index (χ1v) is 6.66. The maximum absolute atomic E-state index is 5.48. The lowest BCUT2D eigenvalue weighted by Crippen LogP contribution is -2.38. The van der Waals surface area contributed by atoms with Gasteiger partial charge in [-0.15, -0.1) is 0 Å². The van der Waals surface area contributed by atoms with Crippen LogP contribution in [0.1, 0.15) is 40.5 Å². The molecule has 2 rings (SSSR count). The Balaban J connectivity index is 0.000000394. The summed E-state index contributed by atoms with van der Waals surface area (Å²) in [6, 6.07) is 0.690. The van der Waals surface area contributed by atoms with E-state index in [-0.39, 0.29) is 0 Å². The summed E-state index contributed by atoms with van der Waals surface area (Å²) in [5, 5.41) is 0. The Hall–Kier alpha value is -0.120. The average Bonchev–Trinajstić information content (AvgIpc) is 2.92. The summed E-state index contributed by atoms with van der Waals surface area (Å²) in [6.45, 7) is 12.2. The van der Waals surface area contributed by atoms with Crippen molar-refractivity contribution in [2.75, 3.05) is 33.4 Å². The van der Waals surface area contributed by atoms with Crippen molar-refractivity contribution in [2.24, 2.45) is 0 Å². The van der Waals surface area contributed by atoms with Gasteiger partial charge >= 0.3 is 0 Å². The highest BCUT2D eigenvalue weighted by Gasteiger charge is 2.38. The Morgan fingerprint density at radius 2 is 1.94 bits per heavy atom. The number of ether oxygens (including phenoxy) is 2. The van der Waals surface area contributed by atoms with Crippen molar-refractivity contribution >= 4 is 0 Å². The van der Waals surface area contributed by atoms with Gasteiger partial charge in [-0.2, -0.15) is 0 Å². The standard InChI is InChI=1S/C8H15NO2.C3H8.C2H6/c1-10-3-2-9-5-8-4-7(9)6-11-8;1-3-2;1-2/h7-8H,2-6H2,1H3;3H2,1-2H3;1-2H3. The quantitative estimate of drug-likeness (QED) is 0.745. The zero-order valence-corrected chi connectivity index (χ0v) is 11.7. The molecule has 2 aliphatic rings. The van der Waals surface area contributed by atoms with Crippen LogP contribution in [0.2, 0.25) is 0 Å². The van der Waals surface area contributed by atoms with Gasteiger partial charge < -0.3 is 9.47 Å². The Bertz CT molecular complexity index is 153. The van der Waals surface area contributed by atoms with E-state index in [9.17, 15) is 0 Å². The summed E-state index contributed by atoms with van der Waals surface area (Å²) in [5.74, 6) is 0. The first kappa shape index (κ1) is 15.9. The highest BCUT2D eigenvalue weighted by molar-refractivity contribution is 4.91. The van der Waals surface area contributed by atoms with Gasteiger partial charge in [0.25, 0.3) is 0 Å². The number of morpholine rings is 1. The van der Waals surface area contributed by atoms with Crippen molar-refractivity contribution in [1.82, 2.24) is 4.90 Å². The number of methoxy groups -OCH3 is 1. The van der Waals surface area contributed by atoms with Gasteiger partial charge in [-0.25, -0.2) is 0 Å². The number of rotatable bonds is 3. The van der Waals surface area contributed by atoms with Crippen LogP contribution < -0.4 is 0 Å². The molecule has 0 aromatic carbocycles. The molecule has 2 atom stereocenters. The molecular formula is C13H29NO2. The zero-order chi connectivity index (χ0) is 12.4. The third-order valence-corrected chi connectivity index (χ3v) is 2.60. The molecule has 98 valence electrons. The molecule has 2 aliphatic heterocycles. The fourth-order valence-corrected chi connectivity index (χ4v) is 1.96. The minimum Gasteiger partial charge on any atom is -0.383 e. The smallest absolute Gasteiger partial charge is 0.0718 e. The molecular weight excluding hydrogens is 202 g/mol. The first-order chi connectivity index (χ1) is 7.81. The molecule has 0 radical (unpaired) electrons. The minimum absolute atomic E-state index is 0.525. The van der Waals surface area contributed by atoms with Crippen LogP contribution >= 0.6 is 0 Å². The molecule has 2 fully saturated rings. The molecule has 0 aromatic heterocycles. The van der Waals surface area contributed by atoms with Crippen LogP contribution in [-0.4, -0.2) is 50.5 Å². The van der Waals surface area contributed by atoms with Gasteiger partial charge in [0, 0.05) is 26.2 Å². The van der Waals surface area contributed by atoms with E-state index in [4.69, 9.17) is 9.47 Å². The molecule has 2 heterocycles. The predicted molar refractivity (Wildman–Crippen MR) is 68.9 cm³/mol. The summed E-state index contributed by atoms with van der Waals surface area (Å²) in [7, 11) is 1.75. The SMILES string of the molecule is CC.CCC.COCCN1CC2CC1CO2. The second-order valence-electron chi connectivity index (χ2n) is 4.04. The Kier molecular flexibility index (Phi) is 9.99. The van der Waals surface area contributed by atoms with Gasteiger partial charge in [-0.05, 0) is 6.42 Å². The van der Waals surface area contributed by atoms with Crippen LogP contribution in [0, 0.1) is 0 Å². The van der Waals surface area contributed by atoms with Gasteiger partial charge in [0.2, 0.25) is 0 Å². The Labute approximate surface area is 101 Å². The van der Waals surface area contributed by atoms with Crippen molar-refractivity contribution < 1.29 is 9.47 Å². The van der Waals surface area contributed by atoms with Crippen molar-refractivity contribution in [3.8, 4) is 0 Å². The van der Waals surface area contributed by atoms with E-state index in [0.29, 0.717) is 12.1 Å². The topological polar surface area (TPSA) is 21.7 Å². The Morgan fingerprint density at radius 3 is 2.31 bits per heavy atom. The van der Waals surface area contributed by atoms with Crippen LogP contribution in [0.5, 0.6) is 0 Å². The molecule has 0 amide bonds. The third-order valence-electron chi connectivity index (χ3n) is 2.60. The van der Waals surface area contributed by atoms with E-state index >= 15 is 0 Å². The second-order valence-corrected chi connectivity index (χ2v) is 4.04. The molecule has 3 nitrogen and oxygen atoms in total. The molecule has 2 saturated heterocycles. The highest BCUT2D eigenvalue weighted by atomic mass is 16.5. The van der Waals surface area contributed by atoms with E-state index in [1.54, 1.807) is 7.11 Å². The summed E-state index contributed by atoms with van der Waals surface area (Å²) < 4.78 is 10.5. The fraction of sp³-hybridized carbons (Fsp3) is 1.00. The van der Waals surface area contributed by atoms with Gasteiger partial charge in [0.15, 0.2) is 0 Å². The molecule has 0 aromatic rings. The van der Waals surface area contributed by atoms with E-state index < -0.39 is 0 Å². The highest BCUT2D eigenvalue weighted by Crippen LogP contribution is 2.26. The molecule has 2 bridgehead atoms. The summed E-state index contributed by atoms with van der Waals surface area (Å²) in [5.41, 5.74) is 0. The van der Waals surface area contributed by atoms with Crippen molar-refractivity contribution in [3.63, 3.8) is 0 Å². The van der Waals surface area contributed by atoms with Crippen LogP contribution in [0.15, 0.2) is 0 Å². The number of nitrogens with zero attached hydrogens (tertiary/aromatic N) is 1. The maximum atomic E-state index is 5.48. The monoisotopic (exact) mass is 231 g/mol. The molecule has 2 unspecified atom stereocenters. The second kappa shape index (κ2) is 10.1. The lowest BCUT2D eigenvalue weighted by Gasteiger charge is -2.25. The van der Waals surface area contributed by atoms with Crippen molar-refractivity contribution in [2.45, 2.75) is 52.7 Å². The van der Waals surface area contributed by atoms with Crippen LogP contribution in [-0.2, 0) is 9.47 Å². The number of hydrogen-bond acceptors (Lipinski definition) is 3. The lowest BCUT2D eigenvalue weighted by molar-refractivity contribution is 0.0206. The van der Waals surface area contributed by atoms with E-state index in [0.717, 1.165) is 26.3 Å². The molecule has 0 N–H and O–H groups in total. The maximum Gasteiger partial charge on any atom is 0.0718 e. The normalized spacial score (nSPS) is 26.8. The zero-order valence-electron chi connectivity index (χ0n) is 11.7.